The molecule has 0 radical (unpaired) electrons. The van der Waals surface area contributed by atoms with Crippen LogP contribution in [0.25, 0.3) is 0 Å². The van der Waals surface area contributed by atoms with Gasteiger partial charge in [-0.05, 0) is 28.8 Å². The molecule has 0 aliphatic heterocycles. The van der Waals surface area contributed by atoms with Crippen LogP contribution in [0, 0.1) is 0 Å². The van der Waals surface area contributed by atoms with Crippen LogP contribution in [0.1, 0.15) is 16.7 Å². The number of benzene rings is 3. The Morgan fingerprint density at radius 1 is 0.852 bits per heavy atom. The van der Waals surface area contributed by atoms with Crippen LogP contribution in [0.2, 0.25) is 0 Å². The van der Waals surface area contributed by atoms with Crippen molar-refractivity contribution in [3.05, 3.63) is 102 Å². The number of hydrogen-bond acceptors (Lipinski definition) is 4. The third-order valence-electron chi connectivity index (χ3n) is 4.61. The van der Waals surface area contributed by atoms with E-state index >= 15 is 0 Å². The summed E-state index contributed by atoms with van der Waals surface area (Å²) in [4.78, 5) is 0. The number of ether oxygens (including phenoxy) is 1. The zero-order valence-corrected chi connectivity index (χ0v) is 16.2. The molecule has 3 rings (SSSR count). The van der Waals surface area contributed by atoms with Gasteiger partial charge < -0.3 is 15.6 Å². The summed E-state index contributed by atoms with van der Waals surface area (Å²) >= 11 is 1.75. The highest BCUT2D eigenvalue weighted by Gasteiger charge is 2.37. The minimum atomic E-state index is -0.429. The van der Waals surface area contributed by atoms with E-state index in [9.17, 15) is 5.11 Å². The Labute approximate surface area is 165 Å². The van der Waals surface area contributed by atoms with E-state index in [2.05, 4.69) is 60.7 Å². The van der Waals surface area contributed by atoms with Gasteiger partial charge in [0.1, 0.15) is 5.75 Å². The van der Waals surface area contributed by atoms with E-state index in [0.717, 1.165) is 11.3 Å². The highest BCUT2D eigenvalue weighted by atomic mass is 32.2. The number of methoxy groups -OCH3 is 1. The first-order valence-corrected chi connectivity index (χ1v) is 9.95. The number of aliphatic hydroxyl groups excluding tert-OH is 1. The molecule has 0 bridgehead atoms. The van der Waals surface area contributed by atoms with Gasteiger partial charge in [-0.3, -0.25) is 0 Å². The maximum absolute atomic E-state index is 9.46. The molecule has 0 saturated heterocycles. The molecule has 3 aromatic carbocycles. The van der Waals surface area contributed by atoms with Crippen molar-refractivity contribution in [1.82, 2.24) is 0 Å². The lowest BCUT2D eigenvalue weighted by molar-refractivity contribution is 0.275. The number of nitrogens with two attached hydrogens (primary N) is 1. The molecule has 27 heavy (non-hydrogen) atoms. The highest BCUT2D eigenvalue weighted by Crippen LogP contribution is 2.48. The molecule has 4 heteroatoms. The molecule has 3 aromatic rings. The molecule has 0 heterocycles. The molecule has 3 N–H and O–H groups in total. The van der Waals surface area contributed by atoms with Crippen molar-refractivity contribution in [1.29, 1.82) is 0 Å². The van der Waals surface area contributed by atoms with Crippen LogP contribution in [0.3, 0.4) is 0 Å². The number of thioether (sulfide) groups is 1. The molecule has 0 fully saturated rings. The first-order chi connectivity index (χ1) is 13.2. The normalized spacial score (nSPS) is 12.6. The van der Waals surface area contributed by atoms with E-state index in [0.29, 0.717) is 5.75 Å². The van der Waals surface area contributed by atoms with E-state index in [4.69, 9.17) is 10.5 Å². The zero-order chi connectivity index (χ0) is 19.1. The molecular formula is C23H25NO2S. The predicted molar refractivity (Wildman–Crippen MR) is 113 cm³/mol. The van der Waals surface area contributed by atoms with Crippen LogP contribution in [-0.4, -0.2) is 30.6 Å². The average molecular weight is 380 g/mol. The summed E-state index contributed by atoms with van der Waals surface area (Å²) in [6, 6.07) is 28.8. The summed E-state index contributed by atoms with van der Waals surface area (Å²) in [5, 5.41) is 9.46. The minimum Gasteiger partial charge on any atom is -0.497 e. The summed E-state index contributed by atoms with van der Waals surface area (Å²) in [6.45, 7) is -0.0325. The second kappa shape index (κ2) is 9.09. The molecule has 1 atom stereocenters. The quantitative estimate of drug-likeness (QED) is 0.580. The molecule has 0 saturated carbocycles. The monoisotopic (exact) mass is 379 g/mol. The Balaban J connectivity index is 2.20. The van der Waals surface area contributed by atoms with Crippen LogP contribution in [0.4, 0.5) is 0 Å². The van der Waals surface area contributed by atoms with Gasteiger partial charge in [0.05, 0.1) is 18.5 Å². The molecule has 0 spiro atoms. The Kier molecular flexibility index (Phi) is 6.56. The Morgan fingerprint density at radius 3 is 1.78 bits per heavy atom. The molecule has 3 nitrogen and oxygen atoms in total. The van der Waals surface area contributed by atoms with Crippen LogP contribution in [0.5, 0.6) is 5.75 Å². The van der Waals surface area contributed by atoms with Crippen LogP contribution < -0.4 is 10.5 Å². The summed E-state index contributed by atoms with van der Waals surface area (Å²) in [7, 11) is 1.67. The van der Waals surface area contributed by atoms with Gasteiger partial charge in [0.25, 0.3) is 0 Å². The van der Waals surface area contributed by atoms with E-state index in [1.54, 1.807) is 18.9 Å². The van der Waals surface area contributed by atoms with Crippen LogP contribution >= 0.6 is 11.8 Å². The fourth-order valence-electron chi connectivity index (χ4n) is 3.21. The highest BCUT2D eigenvalue weighted by molar-refractivity contribution is 8.00. The van der Waals surface area contributed by atoms with E-state index < -0.39 is 4.75 Å². The zero-order valence-electron chi connectivity index (χ0n) is 15.4. The first kappa shape index (κ1) is 19.5. The van der Waals surface area contributed by atoms with E-state index in [-0.39, 0.29) is 12.6 Å². The van der Waals surface area contributed by atoms with E-state index in [1.165, 1.54) is 11.1 Å². The minimum absolute atomic E-state index is 0.0325. The smallest absolute Gasteiger partial charge is 0.118 e. The SMILES string of the molecule is COc1ccc(C(SCC(N)CO)(c2ccccc2)c2ccccc2)cc1. The Morgan fingerprint density at radius 2 is 1.33 bits per heavy atom. The molecule has 0 aliphatic carbocycles. The summed E-state index contributed by atoms with van der Waals surface area (Å²) < 4.78 is 4.92. The number of aliphatic hydroxyl groups is 1. The van der Waals surface area contributed by atoms with Crippen molar-refractivity contribution in [3.63, 3.8) is 0 Å². The average Bonchev–Trinajstić information content (AvgIpc) is 2.76. The van der Waals surface area contributed by atoms with Crippen molar-refractivity contribution >= 4 is 11.8 Å². The summed E-state index contributed by atoms with van der Waals surface area (Å²) in [5.74, 6) is 1.46. The lowest BCUT2D eigenvalue weighted by atomic mass is 9.84. The summed E-state index contributed by atoms with van der Waals surface area (Å²) in [5.41, 5.74) is 9.57. The summed E-state index contributed by atoms with van der Waals surface area (Å²) in [6.07, 6.45) is 0. The van der Waals surface area contributed by atoms with E-state index in [1.807, 2.05) is 24.3 Å². The van der Waals surface area contributed by atoms with Crippen molar-refractivity contribution in [2.24, 2.45) is 5.73 Å². The lowest BCUT2D eigenvalue weighted by Gasteiger charge is -2.36. The fraction of sp³-hybridized carbons (Fsp3) is 0.217. The second-order valence-corrected chi connectivity index (χ2v) is 7.63. The third kappa shape index (κ3) is 4.19. The van der Waals surface area contributed by atoms with Crippen molar-refractivity contribution in [2.45, 2.75) is 10.8 Å². The van der Waals surface area contributed by atoms with Gasteiger partial charge in [0, 0.05) is 11.8 Å². The molecule has 0 aromatic heterocycles. The van der Waals surface area contributed by atoms with Gasteiger partial charge in [-0.2, -0.15) is 0 Å². The second-order valence-electron chi connectivity index (χ2n) is 6.40. The molecule has 1 unspecified atom stereocenters. The molecular weight excluding hydrogens is 354 g/mol. The fourth-order valence-corrected chi connectivity index (χ4v) is 4.68. The van der Waals surface area contributed by atoms with Crippen LogP contribution in [0.15, 0.2) is 84.9 Å². The van der Waals surface area contributed by atoms with Gasteiger partial charge in [0.2, 0.25) is 0 Å². The first-order valence-electron chi connectivity index (χ1n) is 8.96. The van der Waals surface area contributed by atoms with Gasteiger partial charge in [-0.15, -0.1) is 11.8 Å². The topological polar surface area (TPSA) is 55.5 Å². The lowest BCUT2D eigenvalue weighted by Crippen LogP contribution is -2.32. The number of rotatable bonds is 8. The Hall–Kier alpha value is -2.27. The Bertz CT molecular complexity index is 783. The molecule has 0 aliphatic rings. The van der Waals surface area contributed by atoms with Gasteiger partial charge in [-0.25, -0.2) is 0 Å². The van der Waals surface area contributed by atoms with Crippen molar-refractivity contribution < 1.29 is 9.84 Å². The maximum atomic E-state index is 9.46. The number of hydrogen-bond donors (Lipinski definition) is 2. The van der Waals surface area contributed by atoms with Gasteiger partial charge in [-0.1, -0.05) is 72.8 Å². The van der Waals surface area contributed by atoms with Crippen molar-refractivity contribution in [3.8, 4) is 5.75 Å². The van der Waals surface area contributed by atoms with Crippen molar-refractivity contribution in [2.75, 3.05) is 19.5 Å². The predicted octanol–water partition coefficient (Wildman–Crippen LogP) is 4.04. The van der Waals surface area contributed by atoms with Gasteiger partial charge in [0.15, 0.2) is 0 Å². The maximum Gasteiger partial charge on any atom is 0.118 e. The largest absolute Gasteiger partial charge is 0.497 e. The molecule has 140 valence electrons. The standard InChI is InChI=1S/C23H25NO2S/c1-26-22-14-12-20(13-15-22)23(27-17-21(24)16-25,18-8-4-2-5-9-18)19-10-6-3-7-11-19/h2-15,21,25H,16-17,24H2,1H3. The molecule has 0 amide bonds. The third-order valence-corrected chi connectivity index (χ3v) is 6.34. The van der Waals surface area contributed by atoms with Gasteiger partial charge >= 0.3 is 0 Å². The van der Waals surface area contributed by atoms with Crippen LogP contribution in [-0.2, 0) is 4.75 Å².